The van der Waals surface area contributed by atoms with Gasteiger partial charge in [0.25, 0.3) is 11.8 Å². The summed E-state index contributed by atoms with van der Waals surface area (Å²) < 4.78 is 0. The minimum Gasteiger partial charge on any atom is -0.477 e. The number of carbonyl (C=O) groups is 3. The maximum absolute atomic E-state index is 13.1. The van der Waals surface area contributed by atoms with E-state index in [4.69, 9.17) is 16.4 Å². The second-order valence-corrected chi connectivity index (χ2v) is 11.2. The van der Waals surface area contributed by atoms with E-state index in [0.29, 0.717) is 22.9 Å². The molecule has 1 aromatic heterocycles. The van der Waals surface area contributed by atoms with Crippen LogP contribution in [0.15, 0.2) is 49.9 Å². The summed E-state index contributed by atoms with van der Waals surface area (Å²) in [7, 11) is 1.28. The van der Waals surface area contributed by atoms with Gasteiger partial charge >= 0.3 is 5.97 Å². The first-order valence-electron chi connectivity index (χ1n) is 10.9. The largest absolute Gasteiger partial charge is 0.477 e. The summed E-state index contributed by atoms with van der Waals surface area (Å²) in [6.45, 7) is 1.85. The zero-order valence-electron chi connectivity index (χ0n) is 19.9. The van der Waals surface area contributed by atoms with Gasteiger partial charge in [-0.05, 0) is 18.6 Å². The van der Waals surface area contributed by atoms with Gasteiger partial charge in [-0.2, -0.15) is 0 Å². The number of hydrogen-bond donors (Lipinski definition) is 5. The van der Waals surface area contributed by atoms with Crippen molar-refractivity contribution in [1.82, 2.24) is 30.9 Å². The maximum atomic E-state index is 13.1. The summed E-state index contributed by atoms with van der Waals surface area (Å²) in [5.41, 5.74) is 9.91. The number of anilines is 1. The van der Waals surface area contributed by atoms with Gasteiger partial charge in [-0.1, -0.05) is 5.16 Å². The highest BCUT2D eigenvalue weighted by Crippen LogP contribution is 2.42. The van der Waals surface area contributed by atoms with E-state index in [1.54, 1.807) is 16.6 Å². The SMILES string of the molecule is CO/N=C(\C(=O)N[C@@H]1C(=O)N2C(C(=O)O)=C(CSC3=CC(C)=NC4=CN(N)NN43)CS[C@H]12)c1csc(N)n1. The zero-order chi connectivity index (χ0) is 27.1. The van der Waals surface area contributed by atoms with Crippen LogP contribution in [0, 0.1) is 0 Å². The van der Waals surface area contributed by atoms with E-state index >= 15 is 0 Å². The predicted molar refractivity (Wildman–Crippen MR) is 142 cm³/mol. The third-order valence-corrected chi connectivity index (χ3v) is 8.74. The molecule has 0 saturated carbocycles. The van der Waals surface area contributed by atoms with Gasteiger partial charge in [0.15, 0.2) is 16.7 Å². The van der Waals surface area contributed by atoms with Crippen molar-refractivity contribution < 1.29 is 24.3 Å². The van der Waals surface area contributed by atoms with E-state index in [2.05, 4.69) is 26.0 Å². The topological polar surface area (TPSA) is 204 Å². The Bertz CT molecular complexity index is 1370. The molecule has 15 nitrogen and oxygen atoms in total. The van der Waals surface area contributed by atoms with E-state index in [0.717, 1.165) is 22.1 Å². The van der Waals surface area contributed by atoms with Crippen LogP contribution in [0.1, 0.15) is 12.6 Å². The molecule has 200 valence electrons. The van der Waals surface area contributed by atoms with Crippen molar-refractivity contribution in [2.75, 3.05) is 24.3 Å². The summed E-state index contributed by atoms with van der Waals surface area (Å²) in [5.74, 6) is 4.63. The van der Waals surface area contributed by atoms with Crippen molar-refractivity contribution in [1.29, 1.82) is 0 Å². The van der Waals surface area contributed by atoms with Crippen molar-refractivity contribution in [3.63, 3.8) is 0 Å². The lowest BCUT2D eigenvalue weighted by Crippen LogP contribution is -2.71. The number of carboxylic acids is 1. The van der Waals surface area contributed by atoms with E-state index in [1.165, 1.54) is 40.7 Å². The third kappa shape index (κ3) is 4.71. The molecule has 2 atom stereocenters. The van der Waals surface area contributed by atoms with Crippen LogP contribution in [-0.2, 0) is 19.2 Å². The Labute approximate surface area is 228 Å². The van der Waals surface area contributed by atoms with Crippen LogP contribution < -0.4 is 22.4 Å². The van der Waals surface area contributed by atoms with E-state index in [1.807, 2.05) is 13.0 Å². The van der Waals surface area contributed by atoms with Crippen LogP contribution in [0.4, 0.5) is 5.13 Å². The Morgan fingerprint density at radius 3 is 2.92 bits per heavy atom. The number of allylic oxidation sites excluding steroid dienone is 1. The third-order valence-electron chi connectivity index (χ3n) is 5.64. The molecular weight excluding hydrogens is 556 g/mol. The number of oxime groups is 1. The normalized spacial score (nSPS) is 22.8. The van der Waals surface area contributed by atoms with Gasteiger partial charge < -0.3 is 21.0 Å². The summed E-state index contributed by atoms with van der Waals surface area (Å²) >= 11 is 3.88. The molecule has 0 bridgehead atoms. The van der Waals surface area contributed by atoms with Crippen LogP contribution in [0.5, 0.6) is 0 Å². The van der Waals surface area contributed by atoms with Gasteiger partial charge in [0.05, 0.1) is 11.2 Å². The van der Waals surface area contributed by atoms with Gasteiger partial charge in [0.1, 0.15) is 29.9 Å². The van der Waals surface area contributed by atoms with Crippen LogP contribution in [0.3, 0.4) is 0 Å². The van der Waals surface area contributed by atoms with Crippen molar-refractivity contribution in [2.24, 2.45) is 16.0 Å². The number of nitrogens with one attached hydrogen (secondary N) is 2. The lowest BCUT2D eigenvalue weighted by atomic mass is 10.0. The molecule has 0 radical (unpaired) electrons. The molecule has 0 spiro atoms. The van der Waals surface area contributed by atoms with Gasteiger partial charge in [0, 0.05) is 22.6 Å². The zero-order valence-corrected chi connectivity index (χ0v) is 22.4. The standard InChI is InChI=1S/C20H22N10O5S3/c1-8-3-12(30-11(23-8)4-28(22)27-30)36-5-9-6-37-18-14(17(32)29(18)15(9)19(33)34)25-16(31)13(26-35-2)10-7-38-20(21)24-10/h3-4,7,14,18,27H,5-6,22H2,1-2H3,(H2,21,24)(H,25,31)(H,33,34)/b26-13-/t14-,18-/m1/s1. The number of nitrogens with zero attached hydrogens (tertiary/aromatic N) is 6. The first kappa shape index (κ1) is 26.0. The smallest absolute Gasteiger partial charge is 0.352 e. The molecule has 0 aliphatic carbocycles. The van der Waals surface area contributed by atoms with Crippen LogP contribution in [0.2, 0.25) is 0 Å². The first-order chi connectivity index (χ1) is 18.2. The molecular formula is C20H22N10O5S3. The Morgan fingerprint density at radius 1 is 1.45 bits per heavy atom. The highest BCUT2D eigenvalue weighted by molar-refractivity contribution is 8.03. The second kappa shape index (κ2) is 10.3. The number of aliphatic imine (C=N–C) groups is 1. The number of thioether (sulfide) groups is 2. The predicted octanol–water partition coefficient (Wildman–Crippen LogP) is -0.427. The summed E-state index contributed by atoms with van der Waals surface area (Å²) in [4.78, 5) is 52.6. The van der Waals surface area contributed by atoms with Crippen molar-refractivity contribution >= 4 is 69.2 Å². The molecule has 0 unspecified atom stereocenters. The van der Waals surface area contributed by atoms with E-state index in [9.17, 15) is 19.5 Å². The van der Waals surface area contributed by atoms with Crippen molar-refractivity contribution in [2.45, 2.75) is 18.3 Å². The number of aliphatic carboxylic acids is 1. The number of carbonyl (C=O) groups excluding carboxylic acids is 2. The molecule has 4 aliphatic rings. The fourth-order valence-electron chi connectivity index (χ4n) is 4.04. The molecule has 4 aliphatic heterocycles. The molecule has 38 heavy (non-hydrogen) atoms. The van der Waals surface area contributed by atoms with Gasteiger partial charge in [-0.25, -0.2) is 30.7 Å². The molecule has 2 amide bonds. The highest BCUT2D eigenvalue weighted by Gasteiger charge is 2.54. The number of rotatable bonds is 8. The number of amides is 2. The Kier molecular flexibility index (Phi) is 7.05. The molecule has 5 rings (SSSR count). The lowest BCUT2D eigenvalue weighted by molar-refractivity contribution is -0.150. The number of nitrogen functional groups attached to an aromatic ring is 1. The highest BCUT2D eigenvalue weighted by atomic mass is 32.2. The Hall–Kier alpha value is -3.58. The molecule has 5 heterocycles. The molecule has 1 fully saturated rings. The van der Waals surface area contributed by atoms with Gasteiger partial charge in [0.2, 0.25) is 0 Å². The average Bonchev–Trinajstić information content (AvgIpc) is 3.47. The minimum atomic E-state index is -1.22. The van der Waals surface area contributed by atoms with Crippen LogP contribution >= 0.6 is 34.9 Å². The summed E-state index contributed by atoms with van der Waals surface area (Å²) in [5, 5.41) is 21.3. The molecule has 18 heteroatoms. The number of fused-ring (bicyclic) bond motifs is 2. The number of nitrogens with two attached hydrogens (primary N) is 2. The molecule has 7 N–H and O–H groups in total. The fraction of sp³-hybridized carbons (Fsp3) is 0.300. The Morgan fingerprint density at radius 2 is 2.24 bits per heavy atom. The van der Waals surface area contributed by atoms with E-state index < -0.39 is 29.2 Å². The van der Waals surface area contributed by atoms with Crippen LogP contribution in [-0.4, -0.2) is 84.4 Å². The van der Waals surface area contributed by atoms with Crippen LogP contribution in [0.25, 0.3) is 0 Å². The number of hydrazine groups is 3. The van der Waals surface area contributed by atoms with Crippen molar-refractivity contribution in [3.05, 3.63) is 45.5 Å². The fourth-order valence-corrected chi connectivity index (χ4v) is 7.14. The van der Waals surface area contributed by atoms with Gasteiger partial charge in [-0.15, -0.1) is 40.4 Å². The molecule has 1 saturated heterocycles. The molecule has 0 aromatic carbocycles. The quantitative estimate of drug-likeness (QED) is 0.115. The van der Waals surface area contributed by atoms with E-state index in [-0.39, 0.29) is 22.2 Å². The number of thiazole rings is 1. The summed E-state index contributed by atoms with van der Waals surface area (Å²) in [6.07, 6.45) is 3.47. The maximum Gasteiger partial charge on any atom is 0.352 e. The first-order valence-corrected chi connectivity index (χ1v) is 13.8. The van der Waals surface area contributed by atoms with Gasteiger partial charge in [-0.3, -0.25) is 14.5 Å². The summed E-state index contributed by atoms with van der Waals surface area (Å²) in [6, 6.07) is -0.939. The van der Waals surface area contributed by atoms with Crippen molar-refractivity contribution in [3.8, 4) is 0 Å². The minimum absolute atomic E-state index is 0.0813. The number of carboxylic acid groups (broad SMARTS) is 1. The molecule has 1 aromatic rings. The average molecular weight is 579 g/mol. The number of β-lactam (4-membered cyclic amide) rings is 1. The monoisotopic (exact) mass is 578 g/mol. The number of aromatic nitrogens is 1. The second-order valence-electron chi connectivity index (χ2n) is 8.17. The Balaban J connectivity index is 1.30. The number of hydrogen-bond acceptors (Lipinski definition) is 15. The lowest BCUT2D eigenvalue weighted by Gasteiger charge is -2.49.